The maximum atomic E-state index is 12.4. The summed E-state index contributed by atoms with van der Waals surface area (Å²) in [6, 6.07) is 15.0. The van der Waals surface area contributed by atoms with Gasteiger partial charge in [-0.05, 0) is 38.1 Å². The molecule has 2 heterocycles. The molecule has 0 fully saturated rings. The van der Waals surface area contributed by atoms with Crippen LogP contribution in [0.15, 0.2) is 58.2 Å². The van der Waals surface area contributed by atoms with E-state index in [-0.39, 0.29) is 12.5 Å². The van der Waals surface area contributed by atoms with E-state index < -0.39 is 11.4 Å². The Balaban J connectivity index is 1.36. The normalized spacial score (nSPS) is 16.4. The summed E-state index contributed by atoms with van der Waals surface area (Å²) in [5.74, 6) is 1.51. The Morgan fingerprint density at radius 1 is 1.14 bits per heavy atom. The lowest BCUT2D eigenvalue weighted by Gasteiger charge is -2.23. The van der Waals surface area contributed by atoms with Crippen molar-refractivity contribution in [2.75, 3.05) is 11.9 Å². The van der Waals surface area contributed by atoms with Crippen LogP contribution in [0.2, 0.25) is 0 Å². The number of carbonyl (C=O) groups excluding carboxylic acids is 1. The Morgan fingerprint density at radius 3 is 2.68 bits per heavy atom. The summed E-state index contributed by atoms with van der Waals surface area (Å²) in [5, 5.41) is 10.8. The summed E-state index contributed by atoms with van der Waals surface area (Å²) in [6.45, 7) is 4.07. The van der Waals surface area contributed by atoms with Crippen LogP contribution in [0.5, 0.6) is 11.5 Å². The van der Waals surface area contributed by atoms with Crippen LogP contribution in [0.1, 0.15) is 24.5 Å². The molecule has 1 aliphatic rings. The second-order valence-corrected chi connectivity index (χ2v) is 7.68. The van der Waals surface area contributed by atoms with Gasteiger partial charge < -0.3 is 19.2 Å². The average molecular weight is 397 g/mol. The fraction of sp³-hybridized carbons (Fsp3) is 0.250. The lowest BCUT2D eigenvalue weighted by Crippen LogP contribution is -2.22. The van der Waals surface area contributed by atoms with E-state index in [0.29, 0.717) is 22.6 Å². The van der Waals surface area contributed by atoms with Crippen LogP contribution in [0.3, 0.4) is 0 Å². The molecule has 0 bridgehead atoms. The molecule has 1 amide bonds. The molecule has 4 rings (SSSR count). The molecule has 0 unspecified atom stereocenters. The maximum Gasteiger partial charge on any atom is 0.277 e. The number of aryl methyl sites for hydroxylation is 1. The number of anilines is 1. The maximum absolute atomic E-state index is 12.4. The van der Waals surface area contributed by atoms with Crippen molar-refractivity contribution in [2.45, 2.75) is 30.4 Å². The number of amides is 1. The number of thioether (sulfide) groups is 1. The molecule has 0 saturated carbocycles. The van der Waals surface area contributed by atoms with E-state index in [1.165, 1.54) is 11.8 Å². The average Bonchev–Trinajstić information content (AvgIpc) is 3.17. The van der Waals surface area contributed by atoms with Gasteiger partial charge in [-0.2, -0.15) is 0 Å². The lowest BCUT2D eigenvalue weighted by molar-refractivity contribution is -0.115. The molecule has 3 aromatic rings. The molecule has 0 aliphatic carbocycles. The van der Waals surface area contributed by atoms with Crippen LogP contribution in [0.25, 0.3) is 0 Å². The van der Waals surface area contributed by atoms with E-state index in [1.54, 1.807) is 6.92 Å². The van der Waals surface area contributed by atoms with Gasteiger partial charge in [0.15, 0.2) is 11.5 Å². The molecule has 1 N–H and O–H groups in total. The van der Waals surface area contributed by atoms with Gasteiger partial charge in [0, 0.05) is 5.69 Å². The minimum absolute atomic E-state index is 0.139. The highest BCUT2D eigenvalue weighted by molar-refractivity contribution is 8.00. The molecule has 0 radical (unpaired) electrons. The van der Waals surface area contributed by atoms with Gasteiger partial charge in [0.25, 0.3) is 11.1 Å². The van der Waals surface area contributed by atoms with Crippen molar-refractivity contribution in [3.05, 3.63) is 60.0 Å². The molecule has 1 aliphatic heterocycles. The Kier molecular flexibility index (Phi) is 5.21. The number of hydrogen-bond acceptors (Lipinski definition) is 7. The number of fused-ring (bicyclic) bond motifs is 1. The van der Waals surface area contributed by atoms with Crippen molar-refractivity contribution >= 4 is 23.4 Å². The van der Waals surface area contributed by atoms with E-state index in [0.717, 1.165) is 11.3 Å². The number of rotatable bonds is 5. The van der Waals surface area contributed by atoms with Gasteiger partial charge in [0.1, 0.15) is 6.61 Å². The second kappa shape index (κ2) is 7.93. The Hall–Kier alpha value is -3.00. The fourth-order valence-corrected chi connectivity index (χ4v) is 3.31. The second-order valence-electron chi connectivity index (χ2n) is 6.39. The number of carbonyl (C=O) groups is 1. The topological polar surface area (TPSA) is 86.5 Å². The highest BCUT2D eigenvalue weighted by atomic mass is 32.2. The van der Waals surface area contributed by atoms with E-state index >= 15 is 0 Å². The number of nitrogens with zero attached hydrogens (tertiary/aromatic N) is 2. The molecule has 0 saturated heterocycles. The zero-order valence-electron chi connectivity index (χ0n) is 15.4. The molecule has 28 heavy (non-hydrogen) atoms. The number of nitrogens with one attached hydrogen (secondary N) is 1. The van der Waals surface area contributed by atoms with E-state index in [9.17, 15) is 4.79 Å². The summed E-state index contributed by atoms with van der Waals surface area (Å²) >= 11 is 1.20. The summed E-state index contributed by atoms with van der Waals surface area (Å²) in [4.78, 5) is 12.4. The molecular formula is C20H19N3O4S. The minimum Gasteiger partial charge on any atom is -0.485 e. The van der Waals surface area contributed by atoms with E-state index in [2.05, 4.69) is 15.5 Å². The highest BCUT2D eigenvalue weighted by Gasteiger charge is 2.28. The van der Waals surface area contributed by atoms with E-state index in [4.69, 9.17) is 13.9 Å². The molecule has 1 aromatic heterocycles. The van der Waals surface area contributed by atoms with Gasteiger partial charge in [-0.3, -0.25) is 4.79 Å². The Morgan fingerprint density at radius 2 is 1.89 bits per heavy atom. The van der Waals surface area contributed by atoms with Crippen LogP contribution in [0, 0.1) is 6.92 Å². The van der Waals surface area contributed by atoms with Crippen molar-refractivity contribution in [1.29, 1.82) is 0 Å². The molecule has 144 valence electrons. The predicted molar refractivity (Wildman–Crippen MR) is 105 cm³/mol. The lowest BCUT2D eigenvalue weighted by atomic mass is 10.2. The first-order valence-corrected chi connectivity index (χ1v) is 9.72. The van der Waals surface area contributed by atoms with Gasteiger partial charge in [0.2, 0.25) is 12.0 Å². The molecular weight excluding hydrogens is 378 g/mol. The monoisotopic (exact) mass is 397 g/mol. The summed E-state index contributed by atoms with van der Waals surface area (Å²) in [5.41, 5.74) is 1.89. The standard InChI is InChI=1S/C20H19N3O4S/c1-12-7-9-14(10-8-12)21-18(24)13(2)28-20-23-22-19(27-20)17-11-25-15-5-3-4-6-16(15)26-17/h3-10,13,17H,11H2,1-2H3,(H,21,24)/t13-,17-/m0/s1. The van der Waals surface area contributed by atoms with Crippen LogP contribution < -0.4 is 14.8 Å². The third-order valence-electron chi connectivity index (χ3n) is 4.17. The number of hydrogen-bond donors (Lipinski definition) is 1. The quantitative estimate of drug-likeness (QED) is 0.651. The first-order valence-electron chi connectivity index (χ1n) is 8.84. The predicted octanol–water partition coefficient (Wildman–Crippen LogP) is 4.01. The third kappa shape index (κ3) is 4.12. The van der Waals surface area contributed by atoms with Crippen molar-refractivity contribution < 1.29 is 18.7 Å². The molecule has 2 atom stereocenters. The molecule has 8 heteroatoms. The fourth-order valence-electron chi connectivity index (χ4n) is 2.62. The first kappa shape index (κ1) is 18.4. The summed E-state index contributed by atoms with van der Waals surface area (Å²) in [6.07, 6.45) is -0.478. The van der Waals surface area contributed by atoms with Gasteiger partial charge >= 0.3 is 0 Å². The largest absolute Gasteiger partial charge is 0.485 e. The smallest absolute Gasteiger partial charge is 0.277 e. The van der Waals surface area contributed by atoms with Crippen molar-refractivity contribution in [1.82, 2.24) is 10.2 Å². The first-order chi connectivity index (χ1) is 13.6. The number of aromatic nitrogens is 2. The van der Waals surface area contributed by atoms with E-state index in [1.807, 2.05) is 55.5 Å². The van der Waals surface area contributed by atoms with Gasteiger partial charge in [0.05, 0.1) is 5.25 Å². The zero-order chi connectivity index (χ0) is 19.5. The summed E-state index contributed by atoms with van der Waals surface area (Å²) < 4.78 is 17.2. The van der Waals surface area contributed by atoms with Crippen LogP contribution >= 0.6 is 11.8 Å². The van der Waals surface area contributed by atoms with Crippen molar-refractivity contribution in [2.24, 2.45) is 0 Å². The SMILES string of the molecule is Cc1ccc(NC(=O)[C@H](C)Sc2nnc([C@@H]3COc4ccccc4O3)o2)cc1. The third-order valence-corrected chi connectivity index (χ3v) is 5.11. The van der Waals surface area contributed by atoms with Gasteiger partial charge in [-0.1, -0.05) is 41.6 Å². The van der Waals surface area contributed by atoms with Gasteiger partial charge in [-0.15, -0.1) is 10.2 Å². The number of benzene rings is 2. The Labute approximate surface area is 166 Å². The van der Waals surface area contributed by atoms with Crippen LogP contribution in [-0.2, 0) is 4.79 Å². The zero-order valence-corrected chi connectivity index (χ0v) is 16.2. The molecule has 2 aromatic carbocycles. The highest BCUT2D eigenvalue weighted by Crippen LogP contribution is 2.36. The molecule has 7 nitrogen and oxygen atoms in total. The summed E-state index contributed by atoms with van der Waals surface area (Å²) in [7, 11) is 0. The van der Waals surface area contributed by atoms with Crippen LogP contribution in [-0.4, -0.2) is 28.0 Å². The number of para-hydroxylation sites is 2. The Bertz CT molecular complexity index is 974. The van der Waals surface area contributed by atoms with Crippen LogP contribution in [0.4, 0.5) is 5.69 Å². The minimum atomic E-state index is -0.478. The molecule has 0 spiro atoms. The van der Waals surface area contributed by atoms with Crippen molar-refractivity contribution in [3.63, 3.8) is 0 Å². The van der Waals surface area contributed by atoms with Gasteiger partial charge in [-0.25, -0.2) is 0 Å². The number of ether oxygens (including phenoxy) is 2. The van der Waals surface area contributed by atoms with Crippen molar-refractivity contribution in [3.8, 4) is 11.5 Å².